The minimum Gasteiger partial charge on any atom is -0.378 e. The predicted molar refractivity (Wildman–Crippen MR) is 122 cm³/mol. The molecule has 0 radical (unpaired) electrons. The molecule has 5 rings (SSSR count). The van der Waals surface area contributed by atoms with Crippen molar-refractivity contribution in [1.29, 1.82) is 0 Å². The third kappa shape index (κ3) is 4.82. The Hall–Kier alpha value is -3.48. The van der Waals surface area contributed by atoms with Crippen molar-refractivity contribution in [2.75, 3.05) is 31.6 Å². The van der Waals surface area contributed by atoms with Crippen LogP contribution < -0.4 is 16.0 Å². The number of hydrogen-bond acceptors (Lipinski definition) is 9. The van der Waals surface area contributed by atoms with E-state index in [0.29, 0.717) is 48.7 Å². The summed E-state index contributed by atoms with van der Waals surface area (Å²) in [6.45, 7) is 2.69. The van der Waals surface area contributed by atoms with Gasteiger partial charge < -0.3 is 25.3 Å². The number of amides is 1. The standard InChI is InChI=1S/C21H21FN8O2S/c22-13-2-1-3-24-19(13)17-10-27-21(33-17)29-18-8-16-14(9-26-18)28-12-30(16)6-4-25-20(31)15-11-32-7-5-23-15/h1-3,8-10,12,15,23H,4-7,11H2,(H,25,31)(H,26,27,29)/t15-/m1/s1. The fourth-order valence-electron chi connectivity index (χ4n) is 3.48. The number of carbonyl (C=O) groups excluding carboxylic acids is 1. The van der Waals surface area contributed by atoms with E-state index in [9.17, 15) is 9.18 Å². The van der Waals surface area contributed by atoms with Gasteiger partial charge in [-0.15, -0.1) is 0 Å². The van der Waals surface area contributed by atoms with Gasteiger partial charge in [-0.05, 0) is 12.1 Å². The van der Waals surface area contributed by atoms with E-state index in [1.807, 2.05) is 10.6 Å². The van der Waals surface area contributed by atoms with Crippen molar-refractivity contribution in [2.24, 2.45) is 0 Å². The van der Waals surface area contributed by atoms with Crippen LogP contribution in [0.3, 0.4) is 0 Å². The lowest BCUT2D eigenvalue weighted by atomic mass is 10.2. The number of imidazole rings is 1. The van der Waals surface area contributed by atoms with Crippen molar-refractivity contribution in [3.63, 3.8) is 0 Å². The Morgan fingerprint density at radius 3 is 3.09 bits per heavy atom. The van der Waals surface area contributed by atoms with Crippen molar-refractivity contribution in [3.8, 4) is 10.6 Å². The van der Waals surface area contributed by atoms with E-state index < -0.39 is 5.82 Å². The average Bonchev–Trinajstić information content (AvgIpc) is 3.47. The molecular weight excluding hydrogens is 447 g/mol. The van der Waals surface area contributed by atoms with Gasteiger partial charge in [0.1, 0.15) is 28.9 Å². The second-order valence-corrected chi connectivity index (χ2v) is 8.39. The average molecular weight is 469 g/mol. The number of nitrogens with one attached hydrogen (secondary N) is 3. The van der Waals surface area contributed by atoms with Gasteiger partial charge >= 0.3 is 0 Å². The molecule has 1 atom stereocenters. The molecule has 4 aromatic rings. The van der Waals surface area contributed by atoms with Crippen LogP contribution in [0.25, 0.3) is 21.6 Å². The summed E-state index contributed by atoms with van der Waals surface area (Å²) in [7, 11) is 0. The summed E-state index contributed by atoms with van der Waals surface area (Å²) in [6.07, 6.45) is 6.51. The van der Waals surface area contributed by atoms with Crippen molar-refractivity contribution in [3.05, 3.63) is 48.9 Å². The number of nitrogens with zero attached hydrogens (tertiary/aromatic N) is 5. The molecule has 4 aromatic heterocycles. The molecule has 1 fully saturated rings. The largest absolute Gasteiger partial charge is 0.378 e. The molecule has 170 valence electrons. The van der Waals surface area contributed by atoms with E-state index in [4.69, 9.17) is 4.74 Å². The minimum absolute atomic E-state index is 0.0768. The fraction of sp³-hybridized carbons (Fsp3) is 0.286. The molecule has 0 unspecified atom stereocenters. The predicted octanol–water partition coefficient (Wildman–Crippen LogP) is 1.94. The minimum atomic E-state index is -0.393. The quantitative estimate of drug-likeness (QED) is 0.377. The van der Waals surface area contributed by atoms with Crippen LogP contribution in [0.15, 0.2) is 43.1 Å². The zero-order chi connectivity index (χ0) is 22.6. The van der Waals surface area contributed by atoms with Crippen molar-refractivity contribution >= 4 is 39.2 Å². The molecule has 5 heterocycles. The van der Waals surface area contributed by atoms with Crippen LogP contribution in [0.5, 0.6) is 0 Å². The van der Waals surface area contributed by atoms with E-state index >= 15 is 0 Å². The molecule has 1 saturated heterocycles. The van der Waals surface area contributed by atoms with Gasteiger partial charge in [0.05, 0.1) is 36.1 Å². The van der Waals surface area contributed by atoms with Gasteiger partial charge in [-0.25, -0.2) is 19.3 Å². The number of aromatic nitrogens is 5. The van der Waals surface area contributed by atoms with E-state index in [0.717, 1.165) is 11.0 Å². The smallest absolute Gasteiger partial charge is 0.239 e. The molecule has 3 N–H and O–H groups in total. The number of carbonyl (C=O) groups is 1. The summed E-state index contributed by atoms with van der Waals surface area (Å²) in [5.41, 5.74) is 1.87. The van der Waals surface area contributed by atoms with Crippen molar-refractivity contribution < 1.29 is 13.9 Å². The number of ether oxygens (including phenoxy) is 1. The second kappa shape index (κ2) is 9.57. The van der Waals surface area contributed by atoms with Crippen LogP contribution in [0, 0.1) is 5.82 Å². The number of fused-ring (bicyclic) bond motifs is 1. The molecule has 0 saturated carbocycles. The molecule has 1 amide bonds. The topological polar surface area (TPSA) is 119 Å². The van der Waals surface area contributed by atoms with Gasteiger partial charge in [-0.3, -0.25) is 9.78 Å². The van der Waals surface area contributed by atoms with Crippen LogP contribution in [0.4, 0.5) is 15.3 Å². The van der Waals surface area contributed by atoms with Crippen LogP contribution in [0.1, 0.15) is 0 Å². The molecule has 10 nitrogen and oxygen atoms in total. The third-order valence-electron chi connectivity index (χ3n) is 5.13. The Morgan fingerprint density at radius 2 is 2.24 bits per heavy atom. The van der Waals surface area contributed by atoms with Crippen LogP contribution >= 0.6 is 11.3 Å². The van der Waals surface area contributed by atoms with Crippen LogP contribution in [-0.2, 0) is 16.1 Å². The summed E-state index contributed by atoms with van der Waals surface area (Å²) in [4.78, 5) is 30.0. The highest BCUT2D eigenvalue weighted by atomic mass is 32.1. The lowest BCUT2D eigenvalue weighted by molar-refractivity contribution is -0.125. The molecule has 0 spiro atoms. The first-order chi connectivity index (χ1) is 16.2. The Labute approximate surface area is 192 Å². The number of thiazole rings is 1. The molecule has 0 aliphatic carbocycles. The van der Waals surface area contributed by atoms with Crippen molar-refractivity contribution in [1.82, 2.24) is 35.1 Å². The highest BCUT2D eigenvalue weighted by molar-refractivity contribution is 7.18. The van der Waals surface area contributed by atoms with Gasteiger partial charge in [0, 0.05) is 38.1 Å². The zero-order valence-electron chi connectivity index (χ0n) is 17.5. The normalized spacial score (nSPS) is 16.1. The Balaban J connectivity index is 1.25. The maximum Gasteiger partial charge on any atom is 0.239 e. The zero-order valence-corrected chi connectivity index (χ0v) is 18.3. The highest BCUT2D eigenvalue weighted by Gasteiger charge is 2.20. The highest BCUT2D eigenvalue weighted by Crippen LogP contribution is 2.30. The number of anilines is 2. The summed E-state index contributed by atoms with van der Waals surface area (Å²) >= 11 is 1.29. The maximum atomic E-state index is 14.0. The summed E-state index contributed by atoms with van der Waals surface area (Å²) in [5.74, 6) is 0.112. The van der Waals surface area contributed by atoms with Crippen LogP contribution in [-0.4, -0.2) is 62.8 Å². The maximum absolute atomic E-state index is 14.0. The number of morpholine rings is 1. The first-order valence-corrected chi connectivity index (χ1v) is 11.2. The molecule has 0 aromatic carbocycles. The summed E-state index contributed by atoms with van der Waals surface area (Å²) in [5, 5.41) is 9.79. The Morgan fingerprint density at radius 1 is 1.30 bits per heavy atom. The van der Waals surface area contributed by atoms with Gasteiger partial charge in [-0.2, -0.15) is 0 Å². The number of pyridine rings is 2. The molecule has 1 aliphatic rings. The van der Waals surface area contributed by atoms with E-state index in [1.54, 1.807) is 31.0 Å². The first-order valence-electron chi connectivity index (χ1n) is 10.4. The Bertz CT molecular complexity index is 1270. The first kappa shape index (κ1) is 21.4. The third-order valence-corrected chi connectivity index (χ3v) is 6.05. The van der Waals surface area contributed by atoms with Crippen LogP contribution in [0.2, 0.25) is 0 Å². The van der Waals surface area contributed by atoms with Gasteiger partial charge in [0.15, 0.2) is 5.13 Å². The fourth-order valence-corrected chi connectivity index (χ4v) is 4.30. The lowest BCUT2D eigenvalue weighted by Gasteiger charge is -2.22. The van der Waals surface area contributed by atoms with Gasteiger partial charge in [-0.1, -0.05) is 11.3 Å². The molecule has 0 bridgehead atoms. The molecule has 12 heteroatoms. The molecular formula is C21H21FN8O2S. The number of hydrogen-bond donors (Lipinski definition) is 3. The number of halogens is 1. The summed E-state index contributed by atoms with van der Waals surface area (Å²) < 4.78 is 21.3. The van der Waals surface area contributed by atoms with E-state index in [1.165, 1.54) is 17.4 Å². The van der Waals surface area contributed by atoms with Gasteiger partial charge in [0.25, 0.3) is 0 Å². The molecule has 1 aliphatic heterocycles. The van der Waals surface area contributed by atoms with E-state index in [2.05, 4.69) is 35.9 Å². The Kier molecular flexibility index (Phi) is 6.19. The van der Waals surface area contributed by atoms with E-state index in [-0.39, 0.29) is 17.6 Å². The lowest BCUT2D eigenvalue weighted by Crippen LogP contribution is -2.51. The SMILES string of the molecule is O=C(NCCn1cnc2cnc(Nc3ncc(-c4ncccc4F)s3)cc21)[C@H]1COCCN1. The molecule has 33 heavy (non-hydrogen) atoms. The second-order valence-electron chi connectivity index (χ2n) is 7.36. The van der Waals surface area contributed by atoms with Gasteiger partial charge in [0.2, 0.25) is 5.91 Å². The number of rotatable bonds is 7. The summed E-state index contributed by atoms with van der Waals surface area (Å²) in [6, 6.07) is 4.46. The van der Waals surface area contributed by atoms with Crippen molar-refractivity contribution in [2.45, 2.75) is 12.6 Å². The monoisotopic (exact) mass is 468 g/mol.